The van der Waals surface area contributed by atoms with Gasteiger partial charge in [-0.15, -0.1) is 0 Å². The number of aromatic nitrogens is 1. The number of hydrogen-bond donors (Lipinski definition) is 0. The number of para-hydroxylation sites is 1. The first kappa shape index (κ1) is 15.6. The van der Waals surface area contributed by atoms with Gasteiger partial charge < -0.3 is 9.64 Å². The molecule has 2 atom stereocenters. The molecule has 2 fully saturated rings. The number of benzene rings is 1. The zero-order valence-electron chi connectivity index (χ0n) is 14.4. The summed E-state index contributed by atoms with van der Waals surface area (Å²) in [6.07, 6.45) is 4.02. The van der Waals surface area contributed by atoms with E-state index in [1.165, 1.54) is 5.56 Å². The van der Waals surface area contributed by atoms with Crippen molar-refractivity contribution in [2.24, 2.45) is 0 Å². The van der Waals surface area contributed by atoms with E-state index >= 15 is 0 Å². The van der Waals surface area contributed by atoms with Crippen LogP contribution in [0.2, 0.25) is 0 Å². The Morgan fingerprint density at radius 3 is 3.00 bits per heavy atom. The standard InChI is InChI=1S/C20H24N2O2/c1-13-15-6-3-4-7-17(15)21-14(2)16(13)12-20(23)22-10-11-24-19-9-5-8-18(19)22/h3-4,6-7,18-19H,5,8-12H2,1-2H3/t18-,19-/m0/s1. The van der Waals surface area contributed by atoms with Crippen molar-refractivity contribution in [3.05, 3.63) is 41.1 Å². The molecule has 0 spiro atoms. The summed E-state index contributed by atoms with van der Waals surface area (Å²) in [7, 11) is 0. The number of rotatable bonds is 2. The summed E-state index contributed by atoms with van der Waals surface area (Å²) in [4.78, 5) is 19.8. The van der Waals surface area contributed by atoms with Crippen molar-refractivity contribution in [1.82, 2.24) is 9.88 Å². The molecule has 1 aliphatic carbocycles. The maximum atomic E-state index is 13.0. The lowest BCUT2D eigenvalue weighted by atomic mass is 9.98. The number of carbonyl (C=O) groups excluding carboxylic acids is 1. The first-order valence-electron chi connectivity index (χ1n) is 8.91. The molecule has 0 bridgehead atoms. The number of carbonyl (C=O) groups is 1. The number of aryl methyl sites for hydroxylation is 2. The van der Waals surface area contributed by atoms with E-state index in [1.807, 2.05) is 25.1 Å². The van der Waals surface area contributed by atoms with Crippen LogP contribution in [-0.4, -0.2) is 41.1 Å². The zero-order chi connectivity index (χ0) is 16.7. The molecule has 0 radical (unpaired) electrons. The Balaban J connectivity index is 1.63. The van der Waals surface area contributed by atoms with E-state index in [2.05, 4.69) is 17.9 Å². The van der Waals surface area contributed by atoms with E-state index in [9.17, 15) is 4.79 Å². The van der Waals surface area contributed by atoms with Crippen LogP contribution in [0.25, 0.3) is 10.9 Å². The van der Waals surface area contributed by atoms with Gasteiger partial charge in [0.1, 0.15) is 0 Å². The molecule has 1 aliphatic heterocycles. The van der Waals surface area contributed by atoms with Gasteiger partial charge in [-0.25, -0.2) is 0 Å². The molecule has 2 aliphatic rings. The van der Waals surface area contributed by atoms with Crippen molar-refractivity contribution in [2.75, 3.05) is 13.2 Å². The smallest absolute Gasteiger partial charge is 0.227 e. The first-order chi connectivity index (χ1) is 11.6. The summed E-state index contributed by atoms with van der Waals surface area (Å²) in [6, 6.07) is 8.44. The Kier molecular flexibility index (Phi) is 4.01. The third-order valence-electron chi connectivity index (χ3n) is 5.62. The largest absolute Gasteiger partial charge is 0.374 e. The van der Waals surface area contributed by atoms with Gasteiger partial charge in [0.2, 0.25) is 5.91 Å². The summed E-state index contributed by atoms with van der Waals surface area (Å²) >= 11 is 0. The van der Waals surface area contributed by atoms with Crippen LogP contribution in [0.3, 0.4) is 0 Å². The van der Waals surface area contributed by atoms with Crippen molar-refractivity contribution >= 4 is 16.8 Å². The van der Waals surface area contributed by atoms with Crippen LogP contribution in [-0.2, 0) is 16.0 Å². The summed E-state index contributed by atoms with van der Waals surface area (Å²) in [5.74, 6) is 0.221. The average Bonchev–Trinajstić information content (AvgIpc) is 3.07. The van der Waals surface area contributed by atoms with Gasteiger partial charge in [0.05, 0.1) is 30.7 Å². The van der Waals surface area contributed by atoms with Crippen molar-refractivity contribution < 1.29 is 9.53 Å². The highest BCUT2D eigenvalue weighted by Gasteiger charge is 2.38. The number of nitrogens with zero attached hydrogens (tertiary/aromatic N) is 2. The molecule has 24 heavy (non-hydrogen) atoms. The number of morpholine rings is 1. The number of pyridine rings is 1. The van der Waals surface area contributed by atoms with Crippen molar-refractivity contribution in [2.45, 2.75) is 51.7 Å². The molecule has 1 saturated carbocycles. The van der Waals surface area contributed by atoms with Crippen molar-refractivity contribution in [3.63, 3.8) is 0 Å². The third-order valence-corrected chi connectivity index (χ3v) is 5.62. The molecule has 4 nitrogen and oxygen atoms in total. The normalized spacial score (nSPS) is 23.5. The topological polar surface area (TPSA) is 42.4 Å². The molecular weight excluding hydrogens is 300 g/mol. The lowest BCUT2D eigenvalue weighted by Gasteiger charge is -2.38. The lowest BCUT2D eigenvalue weighted by molar-refractivity contribution is -0.143. The average molecular weight is 324 g/mol. The van der Waals surface area contributed by atoms with Crippen LogP contribution in [0.4, 0.5) is 0 Å². The van der Waals surface area contributed by atoms with Gasteiger partial charge in [-0.05, 0) is 50.3 Å². The Bertz CT molecular complexity index is 787. The fourth-order valence-corrected chi connectivity index (χ4v) is 4.32. The molecule has 0 unspecified atom stereocenters. The van der Waals surface area contributed by atoms with Crippen LogP contribution < -0.4 is 0 Å². The van der Waals surface area contributed by atoms with Crippen molar-refractivity contribution in [3.8, 4) is 0 Å². The van der Waals surface area contributed by atoms with Crippen LogP contribution in [0.1, 0.15) is 36.1 Å². The third kappa shape index (κ3) is 2.59. The Morgan fingerprint density at radius 2 is 2.12 bits per heavy atom. The second kappa shape index (κ2) is 6.17. The molecule has 2 heterocycles. The van der Waals surface area contributed by atoms with E-state index in [1.54, 1.807) is 0 Å². The predicted molar refractivity (Wildman–Crippen MR) is 94.0 cm³/mol. The molecule has 2 aromatic rings. The Hall–Kier alpha value is -1.94. The van der Waals surface area contributed by atoms with Gasteiger partial charge in [0.25, 0.3) is 0 Å². The maximum absolute atomic E-state index is 13.0. The van der Waals surface area contributed by atoms with E-state index in [0.29, 0.717) is 13.0 Å². The van der Waals surface area contributed by atoms with E-state index < -0.39 is 0 Å². The van der Waals surface area contributed by atoms with Crippen LogP contribution in [0.5, 0.6) is 0 Å². The highest BCUT2D eigenvalue weighted by molar-refractivity contribution is 5.86. The van der Waals surface area contributed by atoms with Crippen LogP contribution in [0, 0.1) is 13.8 Å². The first-order valence-corrected chi connectivity index (χ1v) is 8.91. The minimum Gasteiger partial charge on any atom is -0.374 e. The molecule has 4 rings (SSSR count). The van der Waals surface area contributed by atoms with Crippen LogP contribution >= 0.6 is 0 Å². The quantitative estimate of drug-likeness (QED) is 0.852. The molecule has 4 heteroatoms. The van der Waals surface area contributed by atoms with Gasteiger partial charge in [-0.2, -0.15) is 0 Å². The molecule has 1 saturated heterocycles. The predicted octanol–water partition coefficient (Wildman–Crippen LogP) is 3.17. The minimum absolute atomic E-state index is 0.221. The fourth-order valence-electron chi connectivity index (χ4n) is 4.32. The number of ether oxygens (including phenoxy) is 1. The highest BCUT2D eigenvalue weighted by atomic mass is 16.5. The second-order valence-electron chi connectivity index (χ2n) is 6.99. The van der Waals surface area contributed by atoms with E-state index in [-0.39, 0.29) is 18.1 Å². The summed E-state index contributed by atoms with van der Waals surface area (Å²) in [5.41, 5.74) is 4.24. The zero-order valence-corrected chi connectivity index (χ0v) is 14.4. The Morgan fingerprint density at radius 1 is 1.29 bits per heavy atom. The molecular formula is C20H24N2O2. The van der Waals surface area contributed by atoms with Gasteiger partial charge in [-0.1, -0.05) is 18.2 Å². The minimum atomic E-state index is 0.221. The number of fused-ring (bicyclic) bond motifs is 2. The molecule has 1 amide bonds. The molecule has 126 valence electrons. The van der Waals surface area contributed by atoms with Gasteiger partial charge >= 0.3 is 0 Å². The van der Waals surface area contributed by atoms with E-state index in [0.717, 1.165) is 48.0 Å². The van der Waals surface area contributed by atoms with Crippen LogP contribution in [0.15, 0.2) is 24.3 Å². The molecule has 0 N–H and O–H groups in total. The van der Waals surface area contributed by atoms with Gasteiger partial charge in [0, 0.05) is 17.6 Å². The molecule has 1 aromatic heterocycles. The summed E-state index contributed by atoms with van der Waals surface area (Å²) in [5, 5.41) is 1.15. The number of hydrogen-bond acceptors (Lipinski definition) is 3. The SMILES string of the molecule is Cc1nc2ccccc2c(C)c1CC(=O)N1CCO[C@H]2CCC[C@@H]21. The summed E-state index contributed by atoms with van der Waals surface area (Å²) in [6.45, 7) is 5.51. The van der Waals surface area contributed by atoms with Crippen molar-refractivity contribution in [1.29, 1.82) is 0 Å². The second-order valence-corrected chi connectivity index (χ2v) is 6.99. The van der Waals surface area contributed by atoms with Gasteiger partial charge in [-0.3, -0.25) is 9.78 Å². The monoisotopic (exact) mass is 324 g/mol. The Labute approximate surface area is 142 Å². The maximum Gasteiger partial charge on any atom is 0.227 e. The molecule has 1 aromatic carbocycles. The van der Waals surface area contributed by atoms with Gasteiger partial charge in [0.15, 0.2) is 0 Å². The number of amides is 1. The van der Waals surface area contributed by atoms with E-state index in [4.69, 9.17) is 9.72 Å². The summed E-state index contributed by atoms with van der Waals surface area (Å²) < 4.78 is 5.83. The lowest BCUT2D eigenvalue weighted by Crippen LogP contribution is -2.51. The fraction of sp³-hybridized carbons (Fsp3) is 0.500. The highest BCUT2D eigenvalue weighted by Crippen LogP contribution is 2.31.